The lowest BCUT2D eigenvalue weighted by molar-refractivity contribution is -0.385. The van der Waals surface area contributed by atoms with Crippen LogP contribution in [0.5, 0.6) is 0 Å². The molecule has 0 aliphatic heterocycles. The van der Waals surface area contributed by atoms with Crippen molar-refractivity contribution in [3.8, 4) is 0 Å². The summed E-state index contributed by atoms with van der Waals surface area (Å²) in [5.41, 5.74) is 0.380. The molecule has 1 aromatic heterocycles. The van der Waals surface area contributed by atoms with E-state index >= 15 is 0 Å². The molecule has 0 saturated heterocycles. The summed E-state index contributed by atoms with van der Waals surface area (Å²) in [6.07, 6.45) is 2.23. The Bertz CT molecular complexity index is 590. The number of aromatic nitrogens is 1. The number of halogens is 1. The highest BCUT2D eigenvalue weighted by Crippen LogP contribution is 2.30. The SMILES string of the molecule is Cc1c([N+](=O)[O-])cnc(NCCNS(C)(=O)=O)c1Br. The Labute approximate surface area is 118 Å². The second-order valence-electron chi connectivity index (χ2n) is 3.78. The third kappa shape index (κ3) is 4.73. The van der Waals surface area contributed by atoms with E-state index in [0.717, 1.165) is 12.5 Å². The Hall–Kier alpha value is -1.26. The molecule has 0 aliphatic carbocycles. The zero-order valence-corrected chi connectivity index (χ0v) is 12.7. The van der Waals surface area contributed by atoms with Gasteiger partial charge in [-0.25, -0.2) is 18.1 Å². The molecule has 1 heterocycles. The Morgan fingerprint density at radius 2 is 2.11 bits per heavy atom. The van der Waals surface area contributed by atoms with Gasteiger partial charge < -0.3 is 5.32 Å². The first-order valence-electron chi connectivity index (χ1n) is 5.20. The van der Waals surface area contributed by atoms with E-state index in [-0.39, 0.29) is 12.2 Å². The molecule has 0 spiro atoms. The average Bonchev–Trinajstić information content (AvgIpc) is 2.28. The van der Waals surface area contributed by atoms with Crippen molar-refractivity contribution in [3.05, 3.63) is 26.3 Å². The van der Waals surface area contributed by atoms with Gasteiger partial charge in [0, 0.05) is 18.7 Å². The zero-order valence-electron chi connectivity index (χ0n) is 10.3. The molecule has 106 valence electrons. The van der Waals surface area contributed by atoms with Gasteiger partial charge >= 0.3 is 0 Å². The first kappa shape index (κ1) is 15.8. The van der Waals surface area contributed by atoms with Crippen LogP contribution in [0.1, 0.15) is 5.56 Å². The minimum atomic E-state index is -3.23. The fraction of sp³-hybridized carbons (Fsp3) is 0.444. The molecule has 0 radical (unpaired) electrons. The summed E-state index contributed by atoms with van der Waals surface area (Å²) in [6, 6.07) is 0. The Morgan fingerprint density at radius 1 is 1.47 bits per heavy atom. The van der Waals surface area contributed by atoms with Gasteiger partial charge in [0.05, 0.1) is 15.7 Å². The largest absolute Gasteiger partial charge is 0.368 e. The lowest BCUT2D eigenvalue weighted by Gasteiger charge is -2.09. The van der Waals surface area contributed by atoms with Crippen LogP contribution in [0.15, 0.2) is 10.7 Å². The molecule has 0 amide bonds. The molecule has 0 bridgehead atoms. The summed E-state index contributed by atoms with van der Waals surface area (Å²) in [5, 5.41) is 13.6. The number of anilines is 1. The number of nitrogens with zero attached hydrogens (tertiary/aromatic N) is 2. The second-order valence-corrected chi connectivity index (χ2v) is 6.41. The molecule has 0 unspecified atom stereocenters. The molecule has 0 saturated carbocycles. The molecule has 2 N–H and O–H groups in total. The summed E-state index contributed by atoms with van der Waals surface area (Å²) >= 11 is 3.22. The number of sulfonamides is 1. The van der Waals surface area contributed by atoms with E-state index in [9.17, 15) is 18.5 Å². The maximum atomic E-state index is 10.8. The fourth-order valence-corrected chi connectivity index (χ4v) is 2.21. The third-order valence-corrected chi connectivity index (χ3v) is 3.91. The maximum absolute atomic E-state index is 10.8. The highest BCUT2D eigenvalue weighted by atomic mass is 79.9. The first-order chi connectivity index (χ1) is 8.72. The van der Waals surface area contributed by atoms with Crippen LogP contribution in [0.4, 0.5) is 11.5 Å². The van der Waals surface area contributed by atoms with Gasteiger partial charge in [0.25, 0.3) is 5.69 Å². The molecular weight excluding hydrogens is 340 g/mol. The van der Waals surface area contributed by atoms with Gasteiger partial charge in [-0.05, 0) is 22.9 Å². The van der Waals surface area contributed by atoms with Crippen LogP contribution < -0.4 is 10.0 Å². The first-order valence-corrected chi connectivity index (χ1v) is 7.89. The van der Waals surface area contributed by atoms with Gasteiger partial charge in [-0.3, -0.25) is 10.1 Å². The average molecular weight is 353 g/mol. The van der Waals surface area contributed by atoms with Gasteiger partial charge in [0.2, 0.25) is 10.0 Å². The molecule has 8 nitrogen and oxygen atoms in total. The molecular formula is C9H13BrN4O4S. The topological polar surface area (TPSA) is 114 Å². The molecule has 0 aliphatic rings. The van der Waals surface area contributed by atoms with Crippen LogP contribution >= 0.6 is 15.9 Å². The van der Waals surface area contributed by atoms with E-state index in [1.807, 2.05) is 0 Å². The number of nitro groups is 1. The highest BCUT2D eigenvalue weighted by molar-refractivity contribution is 9.10. The smallest absolute Gasteiger partial charge is 0.291 e. The third-order valence-electron chi connectivity index (χ3n) is 2.22. The highest BCUT2D eigenvalue weighted by Gasteiger charge is 2.16. The molecule has 1 rings (SSSR count). The van der Waals surface area contributed by atoms with Gasteiger partial charge in [-0.15, -0.1) is 0 Å². The van der Waals surface area contributed by atoms with Gasteiger partial charge in [0.15, 0.2) is 0 Å². The van der Waals surface area contributed by atoms with Crippen molar-refractivity contribution < 1.29 is 13.3 Å². The molecule has 0 aromatic carbocycles. The van der Waals surface area contributed by atoms with Crippen molar-refractivity contribution in [1.29, 1.82) is 0 Å². The van der Waals surface area contributed by atoms with E-state index < -0.39 is 14.9 Å². The summed E-state index contributed by atoms with van der Waals surface area (Å²) in [4.78, 5) is 14.1. The van der Waals surface area contributed by atoms with E-state index in [1.54, 1.807) is 6.92 Å². The number of hydrogen-bond acceptors (Lipinski definition) is 6. The van der Waals surface area contributed by atoms with Gasteiger partial charge in [0.1, 0.15) is 12.0 Å². The minimum Gasteiger partial charge on any atom is -0.368 e. The van der Waals surface area contributed by atoms with Crippen molar-refractivity contribution in [2.45, 2.75) is 6.92 Å². The van der Waals surface area contributed by atoms with Crippen LogP contribution in [0.25, 0.3) is 0 Å². The van der Waals surface area contributed by atoms with Gasteiger partial charge in [-0.1, -0.05) is 0 Å². The number of rotatable bonds is 6. The Morgan fingerprint density at radius 3 is 2.63 bits per heavy atom. The number of hydrogen-bond donors (Lipinski definition) is 2. The van der Waals surface area contributed by atoms with Crippen molar-refractivity contribution in [1.82, 2.24) is 9.71 Å². The fourth-order valence-electron chi connectivity index (χ4n) is 1.29. The molecule has 10 heteroatoms. The van der Waals surface area contributed by atoms with Crippen molar-refractivity contribution in [3.63, 3.8) is 0 Å². The van der Waals surface area contributed by atoms with Crippen molar-refractivity contribution in [2.75, 3.05) is 24.7 Å². The van der Waals surface area contributed by atoms with E-state index in [4.69, 9.17) is 0 Å². The predicted molar refractivity (Wildman–Crippen MR) is 74.7 cm³/mol. The summed E-state index contributed by atoms with van der Waals surface area (Å²) < 4.78 is 24.5. The lowest BCUT2D eigenvalue weighted by atomic mass is 10.2. The van der Waals surface area contributed by atoms with Crippen LogP contribution in [0.3, 0.4) is 0 Å². The van der Waals surface area contributed by atoms with Crippen LogP contribution in [-0.2, 0) is 10.0 Å². The number of pyridine rings is 1. The lowest BCUT2D eigenvalue weighted by Crippen LogP contribution is -2.27. The minimum absolute atomic E-state index is 0.0771. The Kier molecular flexibility index (Phi) is 5.20. The second kappa shape index (κ2) is 6.26. The maximum Gasteiger partial charge on any atom is 0.291 e. The molecule has 1 aromatic rings. The van der Waals surface area contributed by atoms with E-state index in [0.29, 0.717) is 22.4 Å². The van der Waals surface area contributed by atoms with Crippen LogP contribution in [0, 0.1) is 17.0 Å². The monoisotopic (exact) mass is 352 g/mol. The van der Waals surface area contributed by atoms with Crippen LogP contribution in [0.2, 0.25) is 0 Å². The zero-order chi connectivity index (χ0) is 14.6. The van der Waals surface area contributed by atoms with Gasteiger partial charge in [-0.2, -0.15) is 0 Å². The molecule has 0 atom stereocenters. The molecule has 19 heavy (non-hydrogen) atoms. The predicted octanol–water partition coefficient (Wildman–Crippen LogP) is 1.02. The number of nitrogens with one attached hydrogen (secondary N) is 2. The van der Waals surface area contributed by atoms with Crippen LogP contribution in [-0.4, -0.2) is 37.7 Å². The Balaban J connectivity index is 2.71. The van der Waals surface area contributed by atoms with E-state index in [2.05, 4.69) is 31.0 Å². The quantitative estimate of drug-likeness (QED) is 0.448. The molecule has 0 fully saturated rings. The summed E-state index contributed by atoms with van der Waals surface area (Å²) in [6.45, 7) is 2.11. The van der Waals surface area contributed by atoms with Crippen molar-refractivity contribution >= 4 is 37.5 Å². The van der Waals surface area contributed by atoms with E-state index in [1.165, 1.54) is 0 Å². The van der Waals surface area contributed by atoms with Crippen molar-refractivity contribution in [2.24, 2.45) is 0 Å². The standard InChI is InChI=1S/C9H13BrN4O4S/c1-6-7(14(15)16)5-12-9(8(6)10)11-3-4-13-19(2,17)18/h5,13H,3-4H2,1-2H3,(H,11,12). The normalized spacial score (nSPS) is 11.3. The summed E-state index contributed by atoms with van der Waals surface area (Å²) in [7, 11) is -3.23. The summed E-state index contributed by atoms with van der Waals surface area (Å²) in [5.74, 6) is 0.429.